The molecule has 0 amide bonds. The number of nitrogens with one attached hydrogen (secondary N) is 1. The van der Waals surface area contributed by atoms with Crippen LogP contribution in [-0.2, 0) is 4.74 Å². The van der Waals surface area contributed by atoms with Crippen molar-refractivity contribution in [3.8, 4) is 0 Å². The van der Waals surface area contributed by atoms with Gasteiger partial charge in [0.1, 0.15) is 11.6 Å². The van der Waals surface area contributed by atoms with E-state index in [1.165, 1.54) is 31.9 Å². The van der Waals surface area contributed by atoms with Gasteiger partial charge in [-0.2, -0.15) is 14.5 Å². The highest BCUT2D eigenvalue weighted by atomic mass is 16.5. The third kappa shape index (κ3) is 3.63. The lowest BCUT2D eigenvalue weighted by molar-refractivity contribution is 0.00496. The van der Waals surface area contributed by atoms with Crippen LogP contribution in [0.25, 0.3) is 5.78 Å². The van der Waals surface area contributed by atoms with E-state index >= 15 is 0 Å². The van der Waals surface area contributed by atoms with Gasteiger partial charge < -0.3 is 20.8 Å². The van der Waals surface area contributed by atoms with Gasteiger partial charge in [0.25, 0.3) is 5.78 Å². The minimum atomic E-state index is 0. The molecule has 1 aromatic carbocycles. The predicted molar refractivity (Wildman–Crippen MR) is 118 cm³/mol. The van der Waals surface area contributed by atoms with Gasteiger partial charge in [-0.15, -0.1) is 5.10 Å². The fourth-order valence-corrected chi connectivity index (χ4v) is 4.55. The first-order valence-electron chi connectivity index (χ1n) is 10.6. The van der Waals surface area contributed by atoms with E-state index in [1.54, 1.807) is 0 Å². The fraction of sp³-hybridized carbons (Fsp3) is 0.455. The topological polar surface area (TPSA) is 105 Å². The van der Waals surface area contributed by atoms with Crippen molar-refractivity contribution in [1.82, 2.24) is 19.6 Å². The number of nitrogens with two attached hydrogens (primary N) is 1. The number of rotatable bonds is 3. The molecule has 3 aromatic rings. The zero-order valence-electron chi connectivity index (χ0n) is 16.9. The molecule has 3 aliphatic heterocycles. The molecule has 2 aromatic heterocycles. The summed E-state index contributed by atoms with van der Waals surface area (Å²) in [4.78, 5) is 11.4. The van der Waals surface area contributed by atoms with Gasteiger partial charge in [0.2, 0.25) is 0 Å². The van der Waals surface area contributed by atoms with E-state index in [1.807, 2.05) is 40.9 Å². The summed E-state index contributed by atoms with van der Waals surface area (Å²) >= 11 is 0. The summed E-state index contributed by atoms with van der Waals surface area (Å²) in [7, 11) is 0. The van der Waals surface area contributed by atoms with E-state index in [0.29, 0.717) is 36.8 Å². The number of fused-ring (bicyclic) bond motifs is 4. The second-order valence-corrected chi connectivity index (χ2v) is 8.34. The van der Waals surface area contributed by atoms with Crippen LogP contribution < -0.4 is 10.6 Å². The van der Waals surface area contributed by atoms with Crippen LogP contribution in [0, 0.1) is 11.3 Å². The number of piperidine rings is 2. The van der Waals surface area contributed by atoms with E-state index in [-0.39, 0.29) is 1.43 Å². The second-order valence-electron chi connectivity index (χ2n) is 8.34. The summed E-state index contributed by atoms with van der Waals surface area (Å²) in [5, 5.41) is 11.5. The summed E-state index contributed by atoms with van der Waals surface area (Å²) in [6.07, 6.45) is 6.58. The van der Waals surface area contributed by atoms with E-state index < -0.39 is 0 Å². The minimum Gasteiger partial charge on any atom is -0.383 e. The third-order valence-corrected chi connectivity index (χ3v) is 6.31. The van der Waals surface area contributed by atoms with Crippen LogP contribution >= 0.6 is 0 Å². The molecule has 3 N–H and O–H groups in total. The molecule has 158 valence electrons. The van der Waals surface area contributed by atoms with Crippen molar-refractivity contribution in [3.05, 3.63) is 47.8 Å². The largest absolute Gasteiger partial charge is 0.383 e. The van der Waals surface area contributed by atoms with Gasteiger partial charge in [0.05, 0.1) is 19.1 Å². The lowest BCUT2D eigenvalue weighted by Crippen LogP contribution is -2.49. The zero-order valence-corrected chi connectivity index (χ0v) is 16.9. The first kappa shape index (κ1) is 19.0. The quantitative estimate of drug-likeness (QED) is 0.646. The summed E-state index contributed by atoms with van der Waals surface area (Å²) in [5.41, 5.74) is 6.97. The molecule has 30 heavy (non-hydrogen) atoms. The maximum Gasteiger partial charge on any atom is 0.256 e. The van der Waals surface area contributed by atoms with Crippen LogP contribution in [0.4, 0.5) is 11.6 Å². The lowest BCUT2D eigenvalue weighted by Gasteiger charge is -2.46. The Hall–Kier alpha value is -3.00. The van der Waals surface area contributed by atoms with Gasteiger partial charge in [-0.05, 0) is 37.2 Å². The van der Waals surface area contributed by atoms with Crippen LogP contribution in [0.2, 0.25) is 0 Å². The van der Waals surface area contributed by atoms with E-state index in [0.717, 1.165) is 29.7 Å². The molecule has 8 nitrogen and oxygen atoms in total. The third-order valence-electron chi connectivity index (χ3n) is 6.31. The highest BCUT2D eigenvalue weighted by Crippen LogP contribution is 2.38. The Bertz CT molecular complexity index is 1030. The molecule has 2 bridgehead atoms. The number of aromatic nitrogens is 4. The molecule has 0 spiro atoms. The SMILES string of the molecule is N=Cc1ccccc1.Nc1cc(N2CC3CCC2CC3)n2nc(C3COC3)nc2n1.[HH]. The standard InChI is InChI=1S/C15H20N6O.C7H7N.H2/c16-12-5-13(20-6-9-1-3-11(20)4-2-9)21-15(17-12)18-14(19-21)10-7-22-8-10;8-6-7-4-2-1-3-5-7;/h5,9-11H,1-4,6-8H2,(H2,16,17,18,19);1-6,8H;1H. The van der Waals surface area contributed by atoms with E-state index in [2.05, 4.69) is 14.9 Å². The van der Waals surface area contributed by atoms with Crippen molar-refractivity contribution < 1.29 is 6.16 Å². The van der Waals surface area contributed by atoms with Gasteiger partial charge in [0.15, 0.2) is 5.82 Å². The summed E-state index contributed by atoms with van der Waals surface area (Å²) < 4.78 is 7.13. The number of hydrogen-bond acceptors (Lipinski definition) is 7. The maximum absolute atomic E-state index is 6.82. The molecule has 0 radical (unpaired) electrons. The Kier molecular flexibility index (Phi) is 5.08. The minimum absolute atomic E-state index is 0. The van der Waals surface area contributed by atoms with Crippen molar-refractivity contribution >= 4 is 23.6 Å². The number of benzene rings is 1. The number of ether oxygens (including phenoxy) is 1. The van der Waals surface area contributed by atoms with Gasteiger partial charge in [0, 0.05) is 26.3 Å². The summed E-state index contributed by atoms with van der Waals surface area (Å²) in [6.45, 7) is 2.51. The molecule has 0 atom stereocenters. The average Bonchev–Trinajstić information content (AvgIpc) is 3.16. The van der Waals surface area contributed by atoms with Crippen LogP contribution in [0.1, 0.15) is 44.4 Å². The molecule has 1 aliphatic carbocycles. The van der Waals surface area contributed by atoms with E-state index in [9.17, 15) is 0 Å². The van der Waals surface area contributed by atoms with Crippen molar-refractivity contribution in [2.45, 2.75) is 37.6 Å². The van der Waals surface area contributed by atoms with Gasteiger partial charge in [-0.1, -0.05) is 30.3 Å². The number of anilines is 2. The van der Waals surface area contributed by atoms with E-state index in [4.69, 9.17) is 21.0 Å². The van der Waals surface area contributed by atoms with Crippen LogP contribution in [-0.4, -0.2) is 51.6 Å². The van der Waals surface area contributed by atoms with Crippen molar-refractivity contribution in [3.63, 3.8) is 0 Å². The van der Waals surface area contributed by atoms with Gasteiger partial charge >= 0.3 is 0 Å². The molecular formula is C22H29N7O. The number of nitrogen functional groups attached to an aromatic ring is 1. The number of nitrogens with zero attached hydrogens (tertiary/aromatic N) is 5. The lowest BCUT2D eigenvalue weighted by atomic mass is 9.80. The van der Waals surface area contributed by atoms with Gasteiger partial charge in [-0.25, -0.2) is 0 Å². The molecule has 8 heteroatoms. The van der Waals surface area contributed by atoms with Gasteiger partial charge in [-0.3, -0.25) is 0 Å². The van der Waals surface area contributed by atoms with Crippen LogP contribution in [0.15, 0.2) is 36.4 Å². The molecular weight excluding hydrogens is 378 g/mol. The normalized spacial score (nSPS) is 23.0. The molecule has 4 fully saturated rings. The van der Waals surface area contributed by atoms with Crippen molar-refractivity contribution in [2.75, 3.05) is 30.4 Å². The molecule has 3 saturated heterocycles. The highest BCUT2D eigenvalue weighted by molar-refractivity contribution is 5.76. The van der Waals surface area contributed by atoms with Crippen molar-refractivity contribution in [2.24, 2.45) is 5.92 Å². The summed E-state index contributed by atoms with van der Waals surface area (Å²) in [6, 6.07) is 12.1. The average molecular weight is 408 g/mol. The molecule has 0 unspecified atom stereocenters. The highest BCUT2D eigenvalue weighted by Gasteiger charge is 2.35. The molecule has 7 rings (SSSR count). The number of hydrogen-bond donors (Lipinski definition) is 2. The molecule has 1 saturated carbocycles. The van der Waals surface area contributed by atoms with Crippen LogP contribution in [0.3, 0.4) is 0 Å². The predicted octanol–water partition coefficient (Wildman–Crippen LogP) is 3.13. The Morgan fingerprint density at radius 3 is 2.43 bits per heavy atom. The molecule has 5 heterocycles. The Morgan fingerprint density at radius 2 is 1.87 bits per heavy atom. The Balaban J connectivity index is 0.000000220. The first-order valence-corrected chi connectivity index (χ1v) is 10.6. The van der Waals surface area contributed by atoms with Crippen LogP contribution in [0.5, 0.6) is 0 Å². The first-order chi connectivity index (χ1) is 14.7. The molecule has 4 aliphatic rings. The Morgan fingerprint density at radius 1 is 1.10 bits per heavy atom. The Labute approximate surface area is 177 Å². The fourth-order valence-electron chi connectivity index (χ4n) is 4.55. The maximum atomic E-state index is 6.82. The second kappa shape index (κ2) is 8.02. The zero-order chi connectivity index (χ0) is 20.5. The summed E-state index contributed by atoms with van der Waals surface area (Å²) in [5.74, 6) is 4.11. The monoisotopic (exact) mass is 407 g/mol. The smallest absolute Gasteiger partial charge is 0.256 e. The van der Waals surface area contributed by atoms with Crippen molar-refractivity contribution in [1.29, 1.82) is 5.41 Å².